The van der Waals surface area contributed by atoms with E-state index in [-0.39, 0.29) is 54.7 Å². The Bertz CT molecular complexity index is 1360. The van der Waals surface area contributed by atoms with Crippen LogP contribution in [-0.2, 0) is 14.3 Å². The van der Waals surface area contributed by atoms with E-state index in [1.165, 1.54) is 31.4 Å². The molecule has 2 aliphatic carbocycles. The van der Waals surface area contributed by atoms with Gasteiger partial charge >= 0.3 is 12.3 Å². The number of carbonyl (C=O) groups is 3. The summed E-state index contributed by atoms with van der Waals surface area (Å²) in [7, 11) is 1.24. The van der Waals surface area contributed by atoms with Crippen LogP contribution in [0.15, 0.2) is 36.4 Å². The van der Waals surface area contributed by atoms with Crippen molar-refractivity contribution in [1.82, 2.24) is 4.90 Å². The standard InChI is InChI=1S/C30H32F4N2O6/c1-3-41-27(38)14-13-26(37)35(18-8-9-18)28-20-5-4-6-23(20)36(24-12-7-17(31)15-22(24)28)29(39)21-11-10-19(16-25(21)40-2)42-30(32,33)34/h7,10-12,15-16,18,20,23,28H,3-6,8-9,13-14H2,1-2H3/t20-,23-,28+/m0/s1. The zero-order valence-electron chi connectivity index (χ0n) is 23.3. The summed E-state index contributed by atoms with van der Waals surface area (Å²) in [6.07, 6.45) is -1.39. The number of rotatable bonds is 9. The third-order valence-corrected chi connectivity index (χ3v) is 8.07. The fraction of sp³-hybridized carbons (Fsp3) is 0.500. The lowest BCUT2D eigenvalue weighted by molar-refractivity contribution is -0.274. The molecule has 1 heterocycles. The number of carbonyl (C=O) groups excluding carboxylic acids is 3. The first-order valence-electron chi connectivity index (χ1n) is 14.1. The number of nitrogens with zero attached hydrogens (tertiary/aromatic N) is 2. The second kappa shape index (κ2) is 11.8. The molecule has 5 rings (SSSR count). The number of alkyl halides is 3. The maximum Gasteiger partial charge on any atom is 0.573 e. The van der Waals surface area contributed by atoms with E-state index < -0.39 is 35.8 Å². The number of methoxy groups -OCH3 is 1. The van der Waals surface area contributed by atoms with E-state index in [0.717, 1.165) is 31.4 Å². The Hall–Kier alpha value is -3.83. The van der Waals surface area contributed by atoms with Crippen LogP contribution in [0.1, 0.15) is 73.8 Å². The number of amides is 2. The van der Waals surface area contributed by atoms with Crippen molar-refractivity contribution in [3.8, 4) is 11.5 Å². The topological polar surface area (TPSA) is 85.4 Å². The minimum atomic E-state index is -4.92. The fourth-order valence-corrected chi connectivity index (χ4v) is 6.35. The van der Waals surface area contributed by atoms with E-state index >= 15 is 0 Å². The lowest BCUT2D eigenvalue weighted by Gasteiger charge is -2.48. The Balaban J connectivity index is 1.53. The van der Waals surface area contributed by atoms with Gasteiger partial charge in [0.25, 0.3) is 5.91 Å². The molecule has 2 aromatic carbocycles. The third kappa shape index (κ3) is 6.03. The van der Waals surface area contributed by atoms with Crippen LogP contribution in [0.2, 0.25) is 0 Å². The molecule has 0 spiro atoms. The molecule has 2 fully saturated rings. The normalized spacial score (nSPS) is 21.3. The highest BCUT2D eigenvalue weighted by molar-refractivity contribution is 6.09. The van der Waals surface area contributed by atoms with Gasteiger partial charge in [-0.15, -0.1) is 13.2 Å². The number of hydrogen-bond donors (Lipinski definition) is 0. The Morgan fingerprint density at radius 3 is 2.45 bits per heavy atom. The average molecular weight is 593 g/mol. The summed E-state index contributed by atoms with van der Waals surface area (Å²) in [5.74, 6) is -2.57. The molecule has 1 aliphatic heterocycles. The van der Waals surface area contributed by atoms with Gasteiger partial charge in [-0.25, -0.2) is 4.39 Å². The Kier molecular flexibility index (Phi) is 8.34. The molecule has 0 N–H and O–H groups in total. The van der Waals surface area contributed by atoms with E-state index in [0.29, 0.717) is 24.1 Å². The van der Waals surface area contributed by atoms with Gasteiger partial charge in [-0.05, 0) is 62.9 Å². The van der Waals surface area contributed by atoms with Crippen LogP contribution in [0, 0.1) is 11.7 Å². The molecule has 0 saturated heterocycles. The number of halogens is 4. The van der Waals surface area contributed by atoms with Crippen molar-refractivity contribution in [3.63, 3.8) is 0 Å². The van der Waals surface area contributed by atoms with Gasteiger partial charge in [-0.3, -0.25) is 14.4 Å². The van der Waals surface area contributed by atoms with Gasteiger partial charge in [0.15, 0.2) is 0 Å². The molecule has 0 unspecified atom stereocenters. The van der Waals surface area contributed by atoms with Gasteiger partial charge in [0.2, 0.25) is 5.91 Å². The van der Waals surface area contributed by atoms with E-state index in [9.17, 15) is 31.9 Å². The number of esters is 1. The van der Waals surface area contributed by atoms with Gasteiger partial charge in [-0.1, -0.05) is 6.42 Å². The van der Waals surface area contributed by atoms with Gasteiger partial charge < -0.3 is 24.0 Å². The summed E-state index contributed by atoms with van der Waals surface area (Å²) in [6, 6.07) is 6.46. The largest absolute Gasteiger partial charge is 0.573 e. The van der Waals surface area contributed by atoms with E-state index in [1.54, 1.807) is 16.7 Å². The summed E-state index contributed by atoms with van der Waals surface area (Å²) < 4.78 is 67.4. The molecular weight excluding hydrogens is 560 g/mol. The highest BCUT2D eigenvalue weighted by Gasteiger charge is 2.51. The maximum absolute atomic E-state index is 14.8. The molecule has 2 amide bonds. The summed E-state index contributed by atoms with van der Waals surface area (Å²) in [5, 5.41) is 0. The van der Waals surface area contributed by atoms with Crippen molar-refractivity contribution in [1.29, 1.82) is 0 Å². The molecule has 226 valence electrons. The summed E-state index contributed by atoms with van der Waals surface area (Å²) in [6.45, 7) is 1.91. The summed E-state index contributed by atoms with van der Waals surface area (Å²) in [5.41, 5.74) is 0.936. The molecule has 0 radical (unpaired) electrons. The smallest absolute Gasteiger partial charge is 0.496 e. The maximum atomic E-state index is 14.8. The lowest BCUT2D eigenvalue weighted by Crippen LogP contribution is -2.53. The van der Waals surface area contributed by atoms with Gasteiger partial charge in [0.05, 0.1) is 31.7 Å². The van der Waals surface area contributed by atoms with Crippen molar-refractivity contribution in [2.24, 2.45) is 5.92 Å². The first kappa shape index (κ1) is 29.7. The van der Waals surface area contributed by atoms with Gasteiger partial charge in [0, 0.05) is 41.7 Å². The average Bonchev–Trinajstić information content (AvgIpc) is 3.66. The molecule has 0 aromatic heterocycles. The number of hydrogen-bond acceptors (Lipinski definition) is 6. The molecule has 2 aromatic rings. The first-order chi connectivity index (χ1) is 20.0. The van der Waals surface area contributed by atoms with Crippen LogP contribution in [-0.4, -0.2) is 54.8 Å². The van der Waals surface area contributed by atoms with E-state index in [2.05, 4.69) is 4.74 Å². The fourth-order valence-electron chi connectivity index (χ4n) is 6.35. The predicted molar refractivity (Wildman–Crippen MR) is 142 cm³/mol. The molecular formula is C30H32F4N2O6. The number of anilines is 1. The molecule has 3 atom stereocenters. The van der Waals surface area contributed by atoms with Crippen LogP contribution in [0.3, 0.4) is 0 Å². The molecule has 42 heavy (non-hydrogen) atoms. The van der Waals surface area contributed by atoms with E-state index in [1.807, 2.05) is 0 Å². The van der Waals surface area contributed by atoms with Crippen LogP contribution in [0.25, 0.3) is 0 Å². The predicted octanol–water partition coefficient (Wildman–Crippen LogP) is 5.94. The SMILES string of the molecule is CCOC(=O)CCC(=O)N(C1CC1)[C@H]1c2cc(F)ccc2N(C(=O)c2ccc(OC(F)(F)F)cc2OC)[C@H]2CCC[C@@H]21. The quantitative estimate of drug-likeness (QED) is 0.265. The Labute approximate surface area is 240 Å². The monoisotopic (exact) mass is 592 g/mol. The summed E-state index contributed by atoms with van der Waals surface area (Å²) in [4.78, 5) is 43.1. The van der Waals surface area contributed by atoms with Crippen LogP contribution < -0.4 is 14.4 Å². The Morgan fingerprint density at radius 1 is 1.02 bits per heavy atom. The van der Waals surface area contributed by atoms with Crippen LogP contribution in [0.4, 0.5) is 23.2 Å². The van der Waals surface area contributed by atoms with Crippen LogP contribution in [0.5, 0.6) is 11.5 Å². The number of fused-ring (bicyclic) bond motifs is 2. The van der Waals surface area contributed by atoms with Crippen molar-refractivity contribution in [2.75, 3.05) is 18.6 Å². The Morgan fingerprint density at radius 2 is 1.79 bits per heavy atom. The van der Waals surface area contributed by atoms with Gasteiger partial charge in [0.1, 0.15) is 17.3 Å². The molecule has 3 aliphatic rings. The second-order valence-corrected chi connectivity index (χ2v) is 10.7. The van der Waals surface area contributed by atoms with Crippen molar-refractivity contribution >= 4 is 23.5 Å². The highest BCUT2D eigenvalue weighted by Crippen LogP contribution is 2.53. The molecule has 2 saturated carbocycles. The lowest BCUT2D eigenvalue weighted by atomic mass is 9.81. The zero-order valence-corrected chi connectivity index (χ0v) is 23.3. The van der Waals surface area contributed by atoms with Crippen molar-refractivity contribution in [2.45, 2.75) is 76.4 Å². The van der Waals surface area contributed by atoms with Crippen molar-refractivity contribution in [3.05, 3.63) is 53.3 Å². The van der Waals surface area contributed by atoms with Crippen molar-refractivity contribution < 1.29 is 46.2 Å². The summed E-state index contributed by atoms with van der Waals surface area (Å²) >= 11 is 0. The van der Waals surface area contributed by atoms with E-state index in [4.69, 9.17) is 9.47 Å². The number of benzene rings is 2. The minimum absolute atomic E-state index is 0.0240. The molecule has 0 bridgehead atoms. The second-order valence-electron chi connectivity index (χ2n) is 10.7. The molecule has 8 nitrogen and oxygen atoms in total. The minimum Gasteiger partial charge on any atom is -0.496 e. The highest BCUT2D eigenvalue weighted by atomic mass is 19.4. The third-order valence-electron chi connectivity index (χ3n) is 8.07. The first-order valence-corrected chi connectivity index (χ1v) is 14.1. The number of ether oxygens (including phenoxy) is 3. The van der Waals surface area contributed by atoms with Gasteiger partial charge in [-0.2, -0.15) is 0 Å². The molecule has 12 heteroatoms. The van der Waals surface area contributed by atoms with Crippen LogP contribution >= 0.6 is 0 Å². The zero-order chi connectivity index (χ0) is 30.2.